The summed E-state index contributed by atoms with van der Waals surface area (Å²) in [6, 6.07) is 7.56. The molecule has 1 atom stereocenters. The van der Waals surface area contributed by atoms with Crippen LogP contribution in [0.1, 0.15) is 6.92 Å². The van der Waals surface area contributed by atoms with Crippen molar-refractivity contribution < 1.29 is 9.53 Å². The summed E-state index contributed by atoms with van der Waals surface area (Å²) < 4.78 is 6.28. The molecule has 0 spiro atoms. The highest BCUT2D eigenvalue weighted by Gasteiger charge is 2.22. The summed E-state index contributed by atoms with van der Waals surface area (Å²) in [5, 5.41) is 4.32. The summed E-state index contributed by atoms with van der Waals surface area (Å²) in [4.78, 5) is 18.7. The molecule has 2 aromatic rings. The normalized spacial score (nSPS) is 16.5. The zero-order chi connectivity index (χ0) is 15.5. The van der Waals surface area contributed by atoms with Crippen molar-refractivity contribution in [1.82, 2.24) is 9.88 Å². The monoisotopic (exact) mass is 363 g/mol. The first-order chi connectivity index (χ1) is 10.6. The number of carbonyl (C=O) groups is 1. The topological polar surface area (TPSA) is 54.5 Å². The van der Waals surface area contributed by atoms with Crippen LogP contribution >= 0.6 is 15.9 Å². The van der Waals surface area contributed by atoms with Crippen molar-refractivity contribution in [3.05, 3.63) is 34.9 Å². The average Bonchev–Trinajstić information content (AvgIpc) is 2.55. The average molecular weight is 364 g/mol. The van der Waals surface area contributed by atoms with Crippen molar-refractivity contribution in [2.75, 3.05) is 31.6 Å². The van der Waals surface area contributed by atoms with E-state index in [2.05, 4.69) is 26.2 Å². The van der Waals surface area contributed by atoms with E-state index < -0.39 is 0 Å². The van der Waals surface area contributed by atoms with Crippen molar-refractivity contribution in [3.8, 4) is 0 Å². The Kier molecular flexibility index (Phi) is 4.59. The number of amides is 1. The predicted octanol–water partition coefficient (Wildman–Crippen LogP) is 2.66. The largest absolute Gasteiger partial charge is 0.378 e. The van der Waals surface area contributed by atoms with E-state index in [0.29, 0.717) is 26.3 Å². The number of hydrogen-bond donors (Lipinski definition) is 1. The number of pyridine rings is 1. The maximum absolute atomic E-state index is 12.5. The van der Waals surface area contributed by atoms with Crippen LogP contribution in [0.4, 0.5) is 5.69 Å². The number of hydrogen-bond acceptors (Lipinski definition) is 4. The molecule has 3 rings (SSSR count). The summed E-state index contributed by atoms with van der Waals surface area (Å²) >= 11 is 3.45. The second-order valence-electron chi connectivity index (χ2n) is 5.32. The third-order valence-electron chi connectivity index (χ3n) is 3.77. The first-order valence-corrected chi connectivity index (χ1v) is 8.12. The van der Waals surface area contributed by atoms with Crippen molar-refractivity contribution in [3.63, 3.8) is 0 Å². The fourth-order valence-electron chi connectivity index (χ4n) is 2.60. The van der Waals surface area contributed by atoms with Gasteiger partial charge in [0, 0.05) is 34.8 Å². The van der Waals surface area contributed by atoms with E-state index in [0.717, 1.165) is 21.1 Å². The highest BCUT2D eigenvalue weighted by molar-refractivity contribution is 9.10. The zero-order valence-electron chi connectivity index (χ0n) is 12.4. The van der Waals surface area contributed by atoms with Crippen LogP contribution in [0.25, 0.3) is 10.9 Å². The lowest BCUT2D eigenvalue weighted by Gasteiger charge is -2.30. The standard InChI is InChI=1S/C16H18BrN3O2/c1-11(16(21)20-6-8-22-9-7-20)19-14-4-5-18-15-10-12(17)2-3-13(14)15/h2-5,10-11H,6-9H2,1H3,(H,18,19). The van der Waals surface area contributed by atoms with Gasteiger partial charge in [-0.2, -0.15) is 0 Å². The number of aromatic nitrogens is 1. The van der Waals surface area contributed by atoms with Crippen molar-refractivity contribution in [2.45, 2.75) is 13.0 Å². The van der Waals surface area contributed by atoms with Gasteiger partial charge < -0.3 is 15.0 Å². The van der Waals surface area contributed by atoms with E-state index in [1.165, 1.54) is 0 Å². The SMILES string of the molecule is CC(Nc1ccnc2cc(Br)ccc12)C(=O)N1CCOCC1. The Morgan fingerprint density at radius 3 is 2.91 bits per heavy atom. The second kappa shape index (κ2) is 6.62. The molecule has 1 fully saturated rings. The Morgan fingerprint density at radius 2 is 2.14 bits per heavy atom. The lowest BCUT2D eigenvalue weighted by atomic mass is 10.1. The van der Waals surface area contributed by atoms with E-state index >= 15 is 0 Å². The minimum atomic E-state index is -0.285. The smallest absolute Gasteiger partial charge is 0.244 e. The Labute approximate surface area is 137 Å². The van der Waals surface area contributed by atoms with Gasteiger partial charge in [-0.1, -0.05) is 15.9 Å². The third-order valence-corrected chi connectivity index (χ3v) is 4.26. The maximum Gasteiger partial charge on any atom is 0.244 e. The van der Waals surface area contributed by atoms with Crippen LogP contribution in [0.3, 0.4) is 0 Å². The number of nitrogens with one attached hydrogen (secondary N) is 1. The summed E-state index contributed by atoms with van der Waals surface area (Å²) in [6.07, 6.45) is 1.75. The van der Waals surface area contributed by atoms with Crippen LogP contribution in [0.2, 0.25) is 0 Å². The van der Waals surface area contributed by atoms with Crippen LogP contribution in [0.15, 0.2) is 34.9 Å². The molecule has 1 aromatic heterocycles. The number of rotatable bonds is 3. The van der Waals surface area contributed by atoms with Gasteiger partial charge in [-0.05, 0) is 31.2 Å². The molecule has 1 aliphatic heterocycles. The Bertz CT molecular complexity index is 686. The van der Waals surface area contributed by atoms with Crippen molar-refractivity contribution in [1.29, 1.82) is 0 Å². The fraction of sp³-hybridized carbons (Fsp3) is 0.375. The van der Waals surface area contributed by atoms with Crippen LogP contribution in [-0.2, 0) is 9.53 Å². The Hall–Kier alpha value is -1.66. The van der Waals surface area contributed by atoms with E-state index in [1.807, 2.05) is 36.1 Å². The predicted molar refractivity (Wildman–Crippen MR) is 89.9 cm³/mol. The fourth-order valence-corrected chi connectivity index (χ4v) is 2.95. The summed E-state index contributed by atoms with van der Waals surface area (Å²) in [5.74, 6) is 0.102. The van der Waals surface area contributed by atoms with Crippen LogP contribution in [-0.4, -0.2) is 48.1 Å². The van der Waals surface area contributed by atoms with E-state index in [1.54, 1.807) is 6.20 Å². The molecule has 0 radical (unpaired) electrons. The molecule has 0 bridgehead atoms. The molecule has 1 aliphatic rings. The van der Waals surface area contributed by atoms with Gasteiger partial charge in [0.1, 0.15) is 6.04 Å². The molecule has 1 aromatic carbocycles. The molecule has 0 aliphatic carbocycles. The lowest BCUT2D eigenvalue weighted by Crippen LogP contribution is -2.47. The number of anilines is 1. The van der Waals surface area contributed by atoms with Crippen LogP contribution < -0.4 is 5.32 Å². The van der Waals surface area contributed by atoms with Crippen LogP contribution in [0, 0.1) is 0 Å². The molecule has 1 saturated heterocycles. The molecule has 5 nitrogen and oxygen atoms in total. The minimum Gasteiger partial charge on any atom is -0.378 e. The molecule has 6 heteroatoms. The maximum atomic E-state index is 12.5. The number of ether oxygens (including phenoxy) is 1. The van der Waals surface area contributed by atoms with Gasteiger partial charge in [0.2, 0.25) is 5.91 Å². The van der Waals surface area contributed by atoms with Gasteiger partial charge in [-0.3, -0.25) is 9.78 Å². The van der Waals surface area contributed by atoms with E-state index in [9.17, 15) is 4.79 Å². The number of morpholine rings is 1. The lowest BCUT2D eigenvalue weighted by molar-refractivity contribution is -0.135. The van der Waals surface area contributed by atoms with E-state index in [-0.39, 0.29) is 11.9 Å². The first kappa shape index (κ1) is 15.2. The van der Waals surface area contributed by atoms with Gasteiger partial charge >= 0.3 is 0 Å². The number of halogens is 1. The molecule has 2 heterocycles. The second-order valence-corrected chi connectivity index (χ2v) is 6.24. The van der Waals surface area contributed by atoms with Crippen molar-refractivity contribution in [2.24, 2.45) is 0 Å². The van der Waals surface area contributed by atoms with Gasteiger partial charge in [0.25, 0.3) is 0 Å². The first-order valence-electron chi connectivity index (χ1n) is 7.32. The third kappa shape index (κ3) is 3.23. The number of nitrogens with zero attached hydrogens (tertiary/aromatic N) is 2. The minimum absolute atomic E-state index is 0.102. The van der Waals surface area contributed by atoms with Gasteiger partial charge in [0.15, 0.2) is 0 Å². The molecule has 1 amide bonds. The molecule has 22 heavy (non-hydrogen) atoms. The Balaban J connectivity index is 1.78. The van der Waals surface area contributed by atoms with Gasteiger partial charge in [0.05, 0.1) is 18.7 Å². The zero-order valence-corrected chi connectivity index (χ0v) is 14.0. The molecule has 116 valence electrons. The molecular formula is C16H18BrN3O2. The van der Waals surface area contributed by atoms with Crippen LogP contribution in [0.5, 0.6) is 0 Å². The summed E-state index contributed by atoms with van der Waals surface area (Å²) in [6.45, 7) is 4.45. The summed E-state index contributed by atoms with van der Waals surface area (Å²) in [5.41, 5.74) is 1.82. The number of benzene rings is 1. The quantitative estimate of drug-likeness (QED) is 0.910. The summed E-state index contributed by atoms with van der Waals surface area (Å²) in [7, 11) is 0. The molecular weight excluding hydrogens is 346 g/mol. The van der Waals surface area contributed by atoms with Gasteiger partial charge in [-0.15, -0.1) is 0 Å². The molecule has 1 N–H and O–H groups in total. The van der Waals surface area contributed by atoms with Gasteiger partial charge in [-0.25, -0.2) is 0 Å². The number of fused-ring (bicyclic) bond motifs is 1. The highest BCUT2D eigenvalue weighted by Crippen LogP contribution is 2.25. The molecule has 0 saturated carbocycles. The Morgan fingerprint density at radius 1 is 1.36 bits per heavy atom. The van der Waals surface area contributed by atoms with E-state index in [4.69, 9.17) is 4.74 Å². The molecule has 1 unspecified atom stereocenters. The number of carbonyl (C=O) groups excluding carboxylic acids is 1. The van der Waals surface area contributed by atoms with Crippen molar-refractivity contribution >= 4 is 38.4 Å². The highest BCUT2D eigenvalue weighted by atomic mass is 79.9.